The van der Waals surface area contributed by atoms with Crippen LogP contribution in [0.5, 0.6) is 0 Å². The molecule has 55 heavy (non-hydrogen) atoms. The van der Waals surface area contributed by atoms with Crippen LogP contribution in [0, 0.1) is 0 Å². The lowest BCUT2D eigenvalue weighted by atomic mass is 10.0. The molecule has 0 radical (unpaired) electrons. The number of hydrogen-bond donors (Lipinski definition) is 3. The predicted molar refractivity (Wildman–Crippen MR) is 237 cm³/mol. The molecular formula is C49H95NO5. The normalized spacial score (nSPS) is 13.3. The molecule has 0 fully saturated rings. The van der Waals surface area contributed by atoms with Gasteiger partial charge in [-0.3, -0.25) is 9.59 Å². The Bertz CT molecular complexity index is 832. The van der Waals surface area contributed by atoms with E-state index in [1.807, 2.05) is 0 Å². The molecule has 0 aliphatic rings. The zero-order valence-electron chi connectivity index (χ0n) is 37.1. The summed E-state index contributed by atoms with van der Waals surface area (Å²) in [6.07, 6.45) is 46.9. The summed E-state index contributed by atoms with van der Waals surface area (Å²) < 4.78 is 5.91. The summed E-state index contributed by atoms with van der Waals surface area (Å²) in [4.78, 5) is 26.0. The van der Waals surface area contributed by atoms with Gasteiger partial charge >= 0.3 is 5.97 Å². The largest absolute Gasteiger partial charge is 0.462 e. The van der Waals surface area contributed by atoms with Crippen LogP contribution in [0.2, 0.25) is 0 Å². The number of carbonyl (C=O) groups excluding carboxylic acids is 2. The van der Waals surface area contributed by atoms with Crippen molar-refractivity contribution in [3.8, 4) is 0 Å². The van der Waals surface area contributed by atoms with Crippen LogP contribution in [-0.4, -0.2) is 46.9 Å². The summed E-state index contributed by atoms with van der Waals surface area (Å²) in [6.45, 7) is 6.46. The Morgan fingerprint density at radius 2 is 0.873 bits per heavy atom. The highest BCUT2D eigenvalue weighted by Gasteiger charge is 2.24. The van der Waals surface area contributed by atoms with E-state index in [2.05, 4.69) is 38.2 Å². The molecule has 3 N–H and O–H groups in total. The SMILES string of the molecule is CCCCC/C=C\CCCCCCCC(=O)OC(CCCCCCCCCCCCC)CC(=O)NC(CO)C(O)CCCCCCCCCCCCCCC. The van der Waals surface area contributed by atoms with Crippen molar-refractivity contribution in [2.45, 2.75) is 283 Å². The molecule has 0 aliphatic carbocycles. The van der Waals surface area contributed by atoms with Gasteiger partial charge in [0.25, 0.3) is 0 Å². The molecule has 0 rings (SSSR count). The van der Waals surface area contributed by atoms with Gasteiger partial charge in [-0.25, -0.2) is 0 Å². The summed E-state index contributed by atoms with van der Waals surface area (Å²) >= 11 is 0. The minimum atomic E-state index is -0.781. The number of nitrogens with one attached hydrogen (secondary N) is 1. The molecule has 6 nitrogen and oxygen atoms in total. The summed E-state index contributed by atoms with van der Waals surface area (Å²) in [5, 5.41) is 23.7. The number of allylic oxidation sites excluding steroid dienone is 2. The van der Waals surface area contributed by atoms with Crippen LogP contribution >= 0.6 is 0 Å². The van der Waals surface area contributed by atoms with Gasteiger partial charge in [0.05, 0.1) is 25.2 Å². The molecule has 0 saturated carbocycles. The minimum Gasteiger partial charge on any atom is -0.462 e. The Hall–Kier alpha value is -1.40. The highest BCUT2D eigenvalue weighted by atomic mass is 16.5. The molecule has 1 amide bonds. The van der Waals surface area contributed by atoms with E-state index in [9.17, 15) is 19.8 Å². The van der Waals surface area contributed by atoms with Crippen LogP contribution in [0.15, 0.2) is 12.2 Å². The molecule has 0 bridgehead atoms. The number of unbranched alkanes of at least 4 members (excludes halogenated alkanes) is 30. The smallest absolute Gasteiger partial charge is 0.306 e. The van der Waals surface area contributed by atoms with Gasteiger partial charge < -0.3 is 20.3 Å². The third-order valence-corrected chi connectivity index (χ3v) is 11.3. The van der Waals surface area contributed by atoms with E-state index in [1.165, 1.54) is 167 Å². The van der Waals surface area contributed by atoms with Crippen LogP contribution in [-0.2, 0) is 14.3 Å². The molecule has 0 aromatic heterocycles. The number of aliphatic hydroxyl groups excluding tert-OH is 2. The van der Waals surface area contributed by atoms with E-state index < -0.39 is 18.2 Å². The van der Waals surface area contributed by atoms with E-state index in [1.54, 1.807) is 0 Å². The Morgan fingerprint density at radius 3 is 1.33 bits per heavy atom. The maximum Gasteiger partial charge on any atom is 0.306 e. The van der Waals surface area contributed by atoms with E-state index in [-0.39, 0.29) is 24.9 Å². The molecule has 3 unspecified atom stereocenters. The summed E-state index contributed by atoms with van der Waals surface area (Å²) in [7, 11) is 0. The Balaban J connectivity index is 4.53. The highest BCUT2D eigenvalue weighted by molar-refractivity contribution is 5.77. The van der Waals surface area contributed by atoms with E-state index in [0.29, 0.717) is 19.3 Å². The highest BCUT2D eigenvalue weighted by Crippen LogP contribution is 2.18. The minimum absolute atomic E-state index is 0.0808. The lowest BCUT2D eigenvalue weighted by Gasteiger charge is -2.24. The maximum atomic E-state index is 13.1. The van der Waals surface area contributed by atoms with Crippen molar-refractivity contribution in [3.63, 3.8) is 0 Å². The number of hydrogen-bond acceptors (Lipinski definition) is 5. The molecule has 3 atom stereocenters. The van der Waals surface area contributed by atoms with Gasteiger partial charge in [0.2, 0.25) is 5.91 Å². The molecule has 0 saturated heterocycles. The second-order valence-corrected chi connectivity index (χ2v) is 16.9. The van der Waals surface area contributed by atoms with E-state index in [4.69, 9.17) is 4.74 Å². The van der Waals surface area contributed by atoms with E-state index in [0.717, 1.165) is 51.4 Å². The Kier molecular flexibility index (Phi) is 42.6. The third kappa shape index (κ3) is 39.2. The van der Waals surface area contributed by atoms with Crippen molar-refractivity contribution < 1.29 is 24.5 Å². The van der Waals surface area contributed by atoms with Gasteiger partial charge in [0.15, 0.2) is 0 Å². The summed E-state index contributed by atoms with van der Waals surface area (Å²) in [5.41, 5.74) is 0. The average molecular weight is 778 g/mol. The van der Waals surface area contributed by atoms with Gasteiger partial charge in [0.1, 0.15) is 6.10 Å². The zero-order valence-corrected chi connectivity index (χ0v) is 37.1. The first-order chi connectivity index (χ1) is 27.0. The number of carbonyl (C=O) groups is 2. The molecule has 0 aliphatic heterocycles. The summed E-state index contributed by atoms with van der Waals surface area (Å²) in [6, 6.07) is -0.695. The lowest BCUT2D eigenvalue weighted by molar-refractivity contribution is -0.151. The van der Waals surface area contributed by atoms with Crippen LogP contribution in [0.4, 0.5) is 0 Å². The molecule has 6 heteroatoms. The van der Waals surface area contributed by atoms with Crippen molar-refractivity contribution in [1.29, 1.82) is 0 Å². The van der Waals surface area contributed by atoms with Crippen molar-refractivity contribution in [2.75, 3.05) is 6.61 Å². The molecular weight excluding hydrogens is 683 g/mol. The second kappa shape index (κ2) is 43.7. The van der Waals surface area contributed by atoms with Crippen LogP contribution in [0.3, 0.4) is 0 Å². The van der Waals surface area contributed by atoms with Crippen LogP contribution in [0.1, 0.15) is 265 Å². The topological polar surface area (TPSA) is 95.9 Å². The van der Waals surface area contributed by atoms with Gasteiger partial charge in [-0.15, -0.1) is 0 Å². The quantitative estimate of drug-likeness (QED) is 0.0325. The molecule has 0 aromatic rings. The maximum absolute atomic E-state index is 13.1. The number of esters is 1. The number of ether oxygens (including phenoxy) is 1. The van der Waals surface area contributed by atoms with Crippen molar-refractivity contribution in [2.24, 2.45) is 0 Å². The zero-order chi connectivity index (χ0) is 40.3. The van der Waals surface area contributed by atoms with Crippen LogP contribution in [0.25, 0.3) is 0 Å². The Labute approximate surface area is 342 Å². The van der Waals surface area contributed by atoms with Crippen molar-refractivity contribution >= 4 is 11.9 Å². The molecule has 326 valence electrons. The predicted octanol–water partition coefficient (Wildman–Crippen LogP) is 14.2. The molecule has 0 aromatic carbocycles. The number of amides is 1. The fraction of sp³-hybridized carbons (Fsp3) is 0.918. The van der Waals surface area contributed by atoms with Crippen molar-refractivity contribution in [3.05, 3.63) is 12.2 Å². The van der Waals surface area contributed by atoms with Crippen molar-refractivity contribution in [1.82, 2.24) is 5.32 Å². The number of aliphatic hydroxyl groups is 2. The Morgan fingerprint density at radius 1 is 0.509 bits per heavy atom. The monoisotopic (exact) mass is 778 g/mol. The number of rotatable bonds is 44. The first-order valence-corrected chi connectivity index (χ1v) is 24.4. The average Bonchev–Trinajstić information content (AvgIpc) is 3.18. The van der Waals surface area contributed by atoms with E-state index >= 15 is 0 Å². The first-order valence-electron chi connectivity index (χ1n) is 24.4. The lowest BCUT2D eigenvalue weighted by Crippen LogP contribution is -2.46. The molecule has 0 spiro atoms. The van der Waals surface area contributed by atoms with Gasteiger partial charge in [-0.2, -0.15) is 0 Å². The van der Waals surface area contributed by atoms with Gasteiger partial charge in [-0.1, -0.05) is 213 Å². The van der Waals surface area contributed by atoms with Crippen LogP contribution < -0.4 is 5.32 Å². The third-order valence-electron chi connectivity index (χ3n) is 11.3. The first kappa shape index (κ1) is 53.6. The second-order valence-electron chi connectivity index (χ2n) is 16.9. The fourth-order valence-corrected chi connectivity index (χ4v) is 7.60. The van der Waals surface area contributed by atoms with Gasteiger partial charge in [0, 0.05) is 6.42 Å². The standard InChI is InChI=1S/C49H95NO5/c1-4-7-10-13-16-19-22-24-26-29-32-35-38-41-47(52)46(44-51)50-48(53)43-45(40-37-34-31-28-25-21-18-15-12-9-6-3)55-49(54)42-39-36-33-30-27-23-20-17-14-11-8-5-2/h17,20,45-47,51-52H,4-16,18-19,21-44H2,1-3H3,(H,50,53)/b20-17-. The van der Waals surface area contributed by atoms with Gasteiger partial charge in [-0.05, 0) is 51.4 Å². The summed E-state index contributed by atoms with van der Waals surface area (Å²) in [5.74, 6) is -0.471. The molecule has 0 heterocycles. The fourth-order valence-electron chi connectivity index (χ4n) is 7.60.